The minimum atomic E-state index is -3.84. The van der Waals surface area contributed by atoms with Crippen LogP contribution in [0.2, 0.25) is 0 Å². The van der Waals surface area contributed by atoms with Crippen LogP contribution in [0.3, 0.4) is 0 Å². The second-order valence-electron chi connectivity index (χ2n) is 7.36. The van der Waals surface area contributed by atoms with Crippen LogP contribution in [0.25, 0.3) is 11.0 Å². The Labute approximate surface area is 185 Å². The van der Waals surface area contributed by atoms with E-state index in [1.807, 2.05) is 0 Å². The van der Waals surface area contributed by atoms with Gasteiger partial charge >= 0.3 is 5.69 Å². The van der Waals surface area contributed by atoms with Crippen molar-refractivity contribution in [1.82, 2.24) is 9.13 Å². The van der Waals surface area contributed by atoms with Gasteiger partial charge in [-0.25, -0.2) is 13.2 Å². The first-order chi connectivity index (χ1) is 15.2. The summed E-state index contributed by atoms with van der Waals surface area (Å²) in [4.78, 5) is 25.4. The molecule has 8 nitrogen and oxygen atoms in total. The number of para-hydroxylation sites is 1. The lowest BCUT2D eigenvalue weighted by atomic mass is 10.1. The number of imidazole rings is 1. The van der Waals surface area contributed by atoms with Gasteiger partial charge < -0.3 is 5.32 Å². The van der Waals surface area contributed by atoms with E-state index in [0.717, 1.165) is 9.82 Å². The van der Waals surface area contributed by atoms with Crippen molar-refractivity contribution in [1.29, 1.82) is 0 Å². The molecule has 0 spiro atoms. The summed E-state index contributed by atoms with van der Waals surface area (Å²) in [6, 6.07) is 19.7. The average molecular weight is 451 g/mol. The molecule has 0 unspecified atom stereocenters. The number of hydrogen-bond donors (Lipinski definition) is 1. The fraction of sp³-hybridized carbons (Fsp3) is 0.130. The lowest BCUT2D eigenvalue weighted by molar-refractivity contribution is 0.102. The number of benzene rings is 3. The fourth-order valence-corrected chi connectivity index (χ4v) is 4.84. The molecular weight excluding hydrogens is 428 g/mol. The molecule has 32 heavy (non-hydrogen) atoms. The summed E-state index contributed by atoms with van der Waals surface area (Å²) in [5.41, 5.74) is 2.20. The van der Waals surface area contributed by atoms with E-state index in [4.69, 9.17) is 0 Å². The normalized spacial score (nSPS) is 11.5. The zero-order valence-corrected chi connectivity index (χ0v) is 18.6. The van der Waals surface area contributed by atoms with Crippen LogP contribution in [0.5, 0.6) is 0 Å². The van der Waals surface area contributed by atoms with Crippen LogP contribution in [0, 0.1) is 0 Å². The Balaban J connectivity index is 1.68. The molecule has 0 saturated carbocycles. The van der Waals surface area contributed by atoms with Crippen molar-refractivity contribution >= 4 is 38.3 Å². The third kappa shape index (κ3) is 3.56. The van der Waals surface area contributed by atoms with Crippen LogP contribution in [0.4, 0.5) is 11.4 Å². The molecule has 164 valence electrons. The number of hydrogen-bond acceptors (Lipinski definition) is 4. The number of amides is 1. The van der Waals surface area contributed by atoms with Gasteiger partial charge in [-0.1, -0.05) is 30.3 Å². The van der Waals surface area contributed by atoms with Crippen LogP contribution in [-0.4, -0.2) is 30.5 Å². The minimum Gasteiger partial charge on any atom is -0.322 e. The number of rotatable bonds is 5. The Morgan fingerprint density at radius 1 is 0.875 bits per heavy atom. The molecule has 1 N–H and O–H groups in total. The average Bonchev–Trinajstić information content (AvgIpc) is 3.02. The molecule has 9 heteroatoms. The highest BCUT2D eigenvalue weighted by atomic mass is 32.2. The number of sulfonamides is 1. The first-order valence-corrected chi connectivity index (χ1v) is 11.3. The molecule has 3 aromatic carbocycles. The lowest BCUT2D eigenvalue weighted by Crippen LogP contribution is -2.29. The molecule has 0 bridgehead atoms. The van der Waals surface area contributed by atoms with Crippen molar-refractivity contribution in [2.24, 2.45) is 14.1 Å². The van der Waals surface area contributed by atoms with Gasteiger partial charge in [0, 0.05) is 26.8 Å². The van der Waals surface area contributed by atoms with Crippen molar-refractivity contribution in [3.8, 4) is 0 Å². The smallest absolute Gasteiger partial charge is 0.322 e. The van der Waals surface area contributed by atoms with Gasteiger partial charge in [0.1, 0.15) is 0 Å². The molecule has 4 aromatic rings. The van der Waals surface area contributed by atoms with Crippen molar-refractivity contribution in [3.63, 3.8) is 0 Å². The maximum atomic E-state index is 13.1. The molecule has 0 saturated heterocycles. The van der Waals surface area contributed by atoms with Crippen LogP contribution < -0.4 is 15.3 Å². The van der Waals surface area contributed by atoms with Gasteiger partial charge in [0.2, 0.25) is 0 Å². The molecule has 0 atom stereocenters. The standard InChI is InChI=1S/C23H22N4O4S/c1-25-20-14-13-16(15-21(20)26(2)23(25)29)24-22(28)18-11-7-8-12-19(18)27(3)32(30,31)17-9-5-4-6-10-17/h4-15H,1-3H3,(H,24,28). The molecule has 0 aliphatic carbocycles. The Morgan fingerprint density at radius 3 is 2.22 bits per heavy atom. The topological polar surface area (TPSA) is 93.4 Å². The van der Waals surface area contributed by atoms with Gasteiger partial charge in [-0.05, 0) is 42.5 Å². The van der Waals surface area contributed by atoms with Crippen LogP contribution in [-0.2, 0) is 24.1 Å². The van der Waals surface area contributed by atoms with Crippen LogP contribution in [0.15, 0.2) is 82.5 Å². The Kier molecular flexibility index (Phi) is 5.35. The lowest BCUT2D eigenvalue weighted by Gasteiger charge is -2.22. The summed E-state index contributed by atoms with van der Waals surface area (Å²) < 4.78 is 30.2. The molecule has 0 aliphatic heterocycles. The SMILES string of the molecule is CN(c1ccccc1C(=O)Nc1ccc2c(c1)n(C)c(=O)n2C)S(=O)(=O)c1ccccc1. The largest absolute Gasteiger partial charge is 0.328 e. The first-order valence-electron chi connectivity index (χ1n) is 9.81. The van der Waals surface area contributed by atoms with Gasteiger partial charge in [0.25, 0.3) is 15.9 Å². The number of carbonyl (C=O) groups is 1. The fourth-order valence-electron chi connectivity index (χ4n) is 3.60. The highest BCUT2D eigenvalue weighted by Gasteiger charge is 2.25. The van der Waals surface area contributed by atoms with Gasteiger partial charge in [-0.15, -0.1) is 0 Å². The number of anilines is 2. The highest BCUT2D eigenvalue weighted by Crippen LogP contribution is 2.27. The second-order valence-corrected chi connectivity index (χ2v) is 9.33. The summed E-state index contributed by atoms with van der Waals surface area (Å²) in [6.07, 6.45) is 0. The molecular formula is C23H22N4O4S. The molecule has 1 aromatic heterocycles. The number of fused-ring (bicyclic) bond motifs is 1. The molecule has 0 fully saturated rings. The Hall–Kier alpha value is -3.85. The zero-order valence-electron chi connectivity index (χ0n) is 17.8. The number of nitrogens with one attached hydrogen (secondary N) is 1. The molecule has 0 aliphatic rings. The van der Waals surface area contributed by atoms with E-state index >= 15 is 0 Å². The van der Waals surface area contributed by atoms with Gasteiger partial charge in [0.15, 0.2) is 0 Å². The summed E-state index contributed by atoms with van der Waals surface area (Å²) in [6.45, 7) is 0. The van der Waals surface area contributed by atoms with E-state index in [9.17, 15) is 18.0 Å². The maximum absolute atomic E-state index is 13.1. The molecule has 4 rings (SSSR count). The highest BCUT2D eigenvalue weighted by molar-refractivity contribution is 7.92. The predicted molar refractivity (Wildman–Crippen MR) is 125 cm³/mol. The summed E-state index contributed by atoms with van der Waals surface area (Å²) in [7, 11) is 0.916. The third-order valence-corrected chi connectivity index (χ3v) is 7.21. The Morgan fingerprint density at radius 2 is 1.50 bits per heavy atom. The number of carbonyl (C=O) groups excluding carboxylic acids is 1. The van der Waals surface area contributed by atoms with Crippen molar-refractivity contribution < 1.29 is 13.2 Å². The van der Waals surface area contributed by atoms with Crippen molar-refractivity contribution in [2.45, 2.75) is 4.90 Å². The monoisotopic (exact) mass is 450 g/mol. The minimum absolute atomic E-state index is 0.133. The molecule has 1 heterocycles. The van der Waals surface area contributed by atoms with E-state index in [-0.39, 0.29) is 21.8 Å². The summed E-state index contributed by atoms with van der Waals surface area (Å²) in [5.74, 6) is -0.462. The summed E-state index contributed by atoms with van der Waals surface area (Å²) >= 11 is 0. The third-order valence-electron chi connectivity index (χ3n) is 5.42. The number of aryl methyl sites for hydroxylation is 2. The van der Waals surface area contributed by atoms with Crippen molar-refractivity contribution in [3.05, 3.63) is 88.8 Å². The second kappa shape index (κ2) is 8.01. The quantitative estimate of drug-likeness (QED) is 0.506. The maximum Gasteiger partial charge on any atom is 0.328 e. The van der Waals surface area contributed by atoms with Gasteiger partial charge in [-0.3, -0.25) is 18.2 Å². The summed E-state index contributed by atoms with van der Waals surface area (Å²) in [5, 5.41) is 2.81. The van der Waals surface area contributed by atoms with Gasteiger partial charge in [-0.2, -0.15) is 0 Å². The molecule has 1 amide bonds. The van der Waals surface area contributed by atoms with Gasteiger partial charge in [0.05, 0.1) is 27.2 Å². The Bertz CT molecular complexity index is 1490. The van der Waals surface area contributed by atoms with E-state index in [2.05, 4.69) is 5.32 Å². The predicted octanol–water partition coefficient (Wildman–Crippen LogP) is 2.95. The molecule has 0 radical (unpaired) electrons. The van der Waals surface area contributed by atoms with E-state index in [1.165, 1.54) is 28.3 Å². The van der Waals surface area contributed by atoms with E-state index < -0.39 is 15.9 Å². The first kappa shape index (κ1) is 21.4. The van der Waals surface area contributed by atoms with Crippen LogP contribution >= 0.6 is 0 Å². The van der Waals surface area contributed by atoms with Crippen LogP contribution in [0.1, 0.15) is 10.4 Å². The van der Waals surface area contributed by atoms with E-state index in [0.29, 0.717) is 11.2 Å². The number of aromatic nitrogens is 2. The van der Waals surface area contributed by atoms with Crippen molar-refractivity contribution in [2.75, 3.05) is 16.7 Å². The number of nitrogens with zero attached hydrogens (tertiary/aromatic N) is 3. The van der Waals surface area contributed by atoms with E-state index in [1.54, 1.807) is 74.8 Å². The zero-order chi connectivity index (χ0) is 23.0.